The summed E-state index contributed by atoms with van der Waals surface area (Å²) in [6.07, 6.45) is 0. The van der Waals surface area contributed by atoms with Gasteiger partial charge in [-0.1, -0.05) is 12.1 Å². The van der Waals surface area contributed by atoms with Crippen molar-refractivity contribution in [1.29, 1.82) is 0 Å². The molecule has 23 heavy (non-hydrogen) atoms. The van der Waals surface area contributed by atoms with Crippen LogP contribution in [0.2, 0.25) is 0 Å². The van der Waals surface area contributed by atoms with E-state index in [9.17, 15) is 4.79 Å². The van der Waals surface area contributed by atoms with Gasteiger partial charge in [0.15, 0.2) is 11.5 Å². The molecule has 0 amide bonds. The van der Waals surface area contributed by atoms with Crippen molar-refractivity contribution in [2.75, 3.05) is 0 Å². The standard InChI is InChI=1S/C19H18O4/c1-19(2,3)23-16-7-5-4-6-15(16)21-14-10-8-13-9-11-18(20)22-17(13)12-14/h4-12H,1-3H3. The zero-order valence-electron chi connectivity index (χ0n) is 13.3. The topological polar surface area (TPSA) is 48.7 Å². The molecular formula is C19H18O4. The summed E-state index contributed by atoms with van der Waals surface area (Å²) in [7, 11) is 0. The third kappa shape index (κ3) is 3.72. The Hall–Kier alpha value is -2.75. The van der Waals surface area contributed by atoms with Crippen LogP contribution in [0.3, 0.4) is 0 Å². The van der Waals surface area contributed by atoms with E-state index in [4.69, 9.17) is 13.9 Å². The third-order valence-corrected chi connectivity index (χ3v) is 3.09. The van der Waals surface area contributed by atoms with Crippen molar-refractivity contribution in [3.8, 4) is 17.2 Å². The van der Waals surface area contributed by atoms with Gasteiger partial charge < -0.3 is 13.9 Å². The van der Waals surface area contributed by atoms with Crippen LogP contribution in [0.25, 0.3) is 11.0 Å². The second kappa shape index (κ2) is 5.80. The molecule has 118 valence electrons. The molecule has 3 aromatic rings. The highest BCUT2D eigenvalue weighted by atomic mass is 16.5. The summed E-state index contributed by atoms with van der Waals surface area (Å²) in [5, 5.41) is 0.844. The lowest BCUT2D eigenvalue weighted by Gasteiger charge is -2.23. The lowest BCUT2D eigenvalue weighted by molar-refractivity contribution is 0.126. The van der Waals surface area contributed by atoms with Crippen LogP contribution in [0.1, 0.15) is 20.8 Å². The van der Waals surface area contributed by atoms with Crippen LogP contribution in [0.4, 0.5) is 0 Å². The fourth-order valence-electron chi connectivity index (χ4n) is 2.18. The van der Waals surface area contributed by atoms with E-state index in [0.717, 1.165) is 5.39 Å². The summed E-state index contributed by atoms with van der Waals surface area (Å²) < 4.78 is 17.0. The van der Waals surface area contributed by atoms with Crippen LogP contribution in [-0.2, 0) is 0 Å². The van der Waals surface area contributed by atoms with Crippen molar-refractivity contribution in [1.82, 2.24) is 0 Å². The summed E-state index contributed by atoms with van der Waals surface area (Å²) in [5.41, 5.74) is -0.217. The minimum absolute atomic E-state index is 0.324. The lowest BCUT2D eigenvalue weighted by Crippen LogP contribution is -2.23. The molecule has 0 saturated heterocycles. The molecule has 3 rings (SSSR count). The van der Waals surface area contributed by atoms with Gasteiger partial charge >= 0.3 is 5.63 Å². The first-order valence-electron chi connectivity index (χ1n) is 7.40. The van der Waals surface area contributed by atoms with Crippen molar-refractivity contribution in [3.05, 3.63) is 65.0 Å². The monoisotopic (exact) mass is 310 g/mol. The summed E-state index contributed by atoms with van der Waals surface area (Å²) in [5.74, 6) is 1.85. The van der Waals surface area contributed by atoms with Gasteiger partial charge in [0.25, 0.3) is 0 Å². The van der Waals surface area contributed by atoms with Crippen LogP contribution in [0.15, 0.2) is 63.8 Å². The molecule has 0 unspecified atom stereocenters. The molecule has 1 aromatic heterocycles. The summed E-state index contributed by atoms with van der Waals surface area (Å²) in [6, 6.07) is 16.0. The minimum Gasteiger partial charge on any atom is -0.484 e. The van der Waals surface area contributed by atoms with E-state index < -0.39 is 0 Å². The Morgan fingerprint density at radius 2 is 1.61 bits per heavy atom. The molecular weight excluding hydrogens is 292 g/mol. The molecule has 2 aromatic carbocycles. The van der Waals surface area contributed by atoms with Gasteiger partial charge in [-0.05, 0) is 51.1 Å². The van der Waals surface area contributed by atoms with Crippen LogP contribution >= 0.6 is 0 Å². The molecule has 4 nitrogen and oxygen atoms in total. The van der Waals surface area contributed by atoms with E-state index in [1.54, 1.807) is 12.1 Å². The number of para-hydroxylation sites is 2. The first-order chi connectivity index (χ1) is 10.9. The highest BCUT2D eigenvalue weighted by molar-refractivity contribution is 5.77. The van der Waals surface area contributed by atoms with Gasteiger partial charge in [-0.15, -0.1) is 0 Å². The van der Waals surface area contributed by atoms with Crippen LogP contribution in [0, 0.1) is 0 Å². The maximum absolute atomic E-state index is 11.3. The van der Waals surface area contributed by atoms with E-state index in [0.29, 0.717) is 22.8 Å². The van der Waals surface area contributed by atoms with E-state index in [1.807, 2.05) is 57.2 Å². The smallest absolute Gasteiger partial charge is 0.336 e. The minimum atomic E-state index is -0.383. The second-order valence-electron chi connectivity index (χ2n) is 6.22. The Balaban J connectivity index is 1.94. The van der Waals surface area contributed by atoms with Crippen molar-refractivity contribution < 1.29 is 13.9 Å². The average molecular weight is 310 g/mol. The van der Waals surface area contributed by atoms with E-state index in [2.05, 4.69) is 0 Å². The highest BCUT2D eigenvalue weighted by Gasteiger charge is 2.15. The number of rotatable bonds is 3. The lowest BCUT2D eigenvalue weighted by atomic mass is 10.2. The number of hydrogen-bond acceptors (Lipinski definition) is 4. The first-order valence-corrected chi connectivity index (χ1v) is 7.40. The Morgan fingerprint density at radius 1 is 0.913 bits per heavy atom. The predicted molar refractivity (Wildman–Crippen MR) is 89.4 cm³/mol. The highest BCUT2D eigenvalue weighted by Crippen LogP contribution is 2.34. The van der Waals surface area contributed by atoms with Crippen LogP contribution in [0.5, 0.6) is 17.2 Å². The molecule has 0 saturated carbocycles. The van der Waals surface area contributed by atoms with Crippen LogP contribution in [-0.4, -0.2) is 5.60 Å². The number of benzene rings is 2. The van der Waals surface area contributed by atoms with E-state index in [1.165, 1.54) is 6.07 Å². The molecule has 0 bridgehead atoms. The number of fused-ring (bicyclic) bond motifs is 1. The zero-order valence-corrected chi connectivity index (χ0v) is 13.3. The summed E-state index contributed by atoms with van der Waals surface area (Å²) >= 11 is 0. The Labute approximate surface area is 134 Å². The molecule has 0 aliphatic rings. The number of hydrogen-bond donors (Lipinski definition) is 0. The Morgan fingerprint density at radius 3 is 2.35 bits per heavy atom. The molecule has 4 heteroatoms. The predicted octanol–water partition coefficient (Wildman–Crippen LogP) is 4.76. The third-order valence-electron chi connectivity index (χ3n) is 3.09. The van der Waals surface area contributed by atoms with Crippen molar-refractivity contribution in [2.24, 2.45) is 0 Å². The van der Waals surface area contributed by atoms with Crippen molar-refractivity contribution in [3.63, 3.8) is 0 Å². The molecule has 0 spiro atoms. The summed E-state index contributed by atoms with van der Waals surface area (Å²) in [6.45, 7) is 5.94. The molecule has 0 radical (unpaired) electrons. The molecule has 0 aliphatic heterocycles. The Kier molecular flexibility index (Phi) is 3.82. The SMILES string of the molecule is CC(C)(C)Oc1ccccc1Oc1ccc2ccc(=O)oc2c1. The normalized spacial score (nSPS) is 11.4. The average Bonchev–Trinajstić information content (AvgIpc) is 2.47. The fourth-order valence-corrected chi connectivity index (χ4v) is 2.18. The largest absolute Gasteiger partial charge is 0.484 e. The van der Waals surface area contributed by atoms with Gasteiger partial charge in [-0.25, -0.2) is 4.79 Å². The second-order valence-corrected chi connectivity index (χ2v) is 6.22. The van der Waals surface area contributed by atoms with Gasteiger partial charge in [0, 0.05) is 17.5 Å². The maximum Gasteiger partial charge on any atom is 0.336 e. The van der Waals surface area contributed by atoms with Crippen molar-refractivity contribution in [2.45, 2.75) is 26.4 Å². The first kappa shape index (κ1) is 15.2. The zero-order chi connectivity index (χ0) is 16.4. The van der Waals surface area contributed by atoms with Gasteiger partial charge in [-0.3, -0.25) is 0 Å². The molecule has 0 N–H and O–H groups in total. The van der Waals surface area contributed by atoms with Crippen LogP contribution < -0.4 is 15.1 Å². The van der Waals surface area contributed by atoms with Crippen molar-refractivity contribution >= 4 is 11.0 Å². The van der Waals surface area contributed by atoms with E-state index in [-0.39, 0.29) is 11.2 Å². The number of ether oxygens (including phenoxy) is 2. The van der Waals surface area contributed by atoms with E-state index >= 15 is 0 Å². The summed E-state index contributed by atoms with van der Waals surface area (Å²) in [4.78, 5) is 11.3. The van der Waals surface area contributed by atoms with Gasteiger partial charge in [0.1, 0.15) is 16.9 Å². The van der Waals surface area contributed by atoms with Gasteiger partial charge in [0.05, 0.1) is 0 Å². The molecule has 0 aliphatic carbocycles. The van der Waals surface area contributed by atoms with Gasteiger partial charge in [0.2, 0.25) is 0 Å². The maximum atomic E-state index is 11.3. The Bertz CT molecular complexity index is 888. The quantitative estimate of drug-likeness (QED) is 0.654. The fraction of sp³-hybridized carbons (Fsp3) is 0.211. The molecule has 0 fully saturated rings. The molecule has 0 atom stereocenters. The van der Waals surface area contributed by atoms with Gasteiger partial charge in [-0.2, -0.15) is 0 Å². The molecule has 1 heterocycles.